The van der Waals surface area contributed by atoms with Crippen molar-refractivity contribution in [3.05, 3.63) is 23.9 Å². The Morgan fingerprint density at radius 3 is 2.90 bits per heavy atom. The summed E-state index contributed by atoms with van der Waals surface area (Å²) < 4.78 is 17.1. The molecule has 56 valence electrons. The Morgan fingerprint density at radius 2 is 2.50 bits per heavy atom. The van der Waals surface area contributed by atoms with Crippen LogP contribution in [0.5, 0.6) is 0 Å². The van der Waals surface area contributed by atoms with E-state index in [-0.39, 0.29) is 11.9 Å². The molecular weight excluding hydrogens is 133 g/mol. The van der Waals surface area contributed by atoms with Crippen molar-refractivity contribution in [1.29, 1.82) is 0 Å². The Labute approximate surface area is 58.8 Å². The molecule has 0 saturated heterocycles. The summed E-state index contributed by atoms with van der Waals surface area (Å²) in [5, 5.41) is 0. The summed E-state index contributed by atoms with van der Waals surface area (Å²) in [6, 6.07) is 1.14. The maximum Gasteiger partial charge on any atom is 0.161 e. The van der Waals surface area contributed by atoms with Gasteiger partial charge in [-0.25, -0.2) is 4.39 Å². The molecule has 0 amide bonds. The fourth-order valence-corrected chi connectivity index (χ4v) is 0.724. The summed E-state index contributed by atoms with van der Waals surface area (Å²) in [5.41, 5.74) is 5.55. The van der Waals surface area contributed by atoms with Crippen LogP contribution in [-0.4, -0.2) is 0 Å². The fourth-order valence-electron chi connectivity index (χ4n) is 0.724. The van der Waals surface area contributed by atoms with E-state index >= 15 is 0 Å². The number of halogens is 1. The van der Waals surface area contributed by atoms with Crippen molar-refractivity contribution in [2.75, 3.05) is 0 Å². The van der Waals surface area contributed by atoms with Crippen LogP contribution < -0.4 is 5.73 Å². The van der Waals surface area contributed by atoms with Gasteiger partial charge in [0.15, 0.2) is 5.82 Å². The average molecular weight is 143 g/mol. The molecule has 1 unspecified atom stereocenters. The molecule has 0 bridgehead atoms. The zero-order chi connectivity index (χ0) is 7.56. The number of hydrogen-bond donors (Lipinski definition) is 1. The standard InChI is InChI=1S/C7H10FNO/c1-2-6(9)7-3-5(8)4-10-7/h3-4,6H,2,9H2,1H3. The average Bonchev–Trinajstić information content (AvgIpc) is 2.34. The Balaban J connectivity index is 2.74. The number of hydrogen-bond acceptors (Lipinski definition) is 2. The van der Waals surface area contributed by atoms with Gasteiger partial charge in [-0.2, -0.15) is 0 Å². The van der Waals surface area contributed by atoms with Crippen LogP contribution in [0.2, 0.25) is 0 Å². The predicted octanol–water partition coefficient (Wildman–Crippen LogP) is 1.83. The minimum Gasteiger partial charge on any atom is -0.465 e. The zero-order valence-electron chi connectivity index (χ0n) is 5.80. The highest BCUT2D eigenvalue weighted by atomic mass is 19.1. The smallest absolute Gasteiger partial charge is 0.161 e. The summed E-state index contributed by atoms with van der Waals surface area (Å²) >= 11 is 0. The van der Waals surface area contributed by atoms with Crippen molar-refractivity contribution in [2.45, 2.75) is 19.4 Å². The topological polar surface area (TPSA) is 39.2 Å². The van der Waals surface area contributed by atoms with Gasteiger partial charge in [-0.1, -0.05) is 6.92 Å². The molecule has 0 aliphatic carbocycles. The second kappa shape index (κ2) is 2.84. The molecule has 3 heteroatoms. The molecule has 2 nitrogen and oxygen atoms in total. The highest BCUT2D eigenvalue weighted by molar-refractivity contribution is 5.04. The molecule has 1 atom stereocenters. The molecule has 0 fully saturated rings. The van der Waals surface area contributed by atoms with Gasteiger partial charge in [0.05, 0.1) is 6.04 Å². The van der Waals surface area contributed by atoms with Crippen LogP contribution >= 0.6 is 0 Å². The van der Waals surface area contributed by atoms with E-state index < -0.39 is 0 Å². The van der Waals surface area contributed by atoms with Gasteiger partial charge in [0.2, 0.25) is 0 Å². The molecule has 1 rings (SSSR count). The molecule has 0 aromatic carbocycles. The molecule has 0 saturated carbocycles. The molecule has 0 radical (unpaired) electrons. The zero-order valence-corrected chi connectivity index (χ0v) is 5.80. The summed E-state index contributed by atoms with van der Waals surface area (Å²) in [7, 11) is 0. The number of furan rings is 1. The summed E-state index contributed by atoms with van der Waals surface area (Å²) in [6.45, 7) is 1.92. The van der Waals surface area contributed by atoms with Crippen molar-refractivity contribution in [2.24, 2.45) is 5.73 Å². The number of rotatable bonds is 2. The maximum atomic E-state index is 12.3. The lowest BCUT2D eigenvalue weighted by Gasteiger charge is -2.01. The second-order valence-corrected chi connectivity index (χ2v) is 2.18. The Kier molecular flexibility index (Phi) is 2.06. The highest BCUT2D eigenvalue weighted by Crippen LogP contribution is 2.15. The third-order valence-corrected chi connectivity index (χ3v) is 1.39. The highest BCUT2D eigenvalue weighted by Gasteiger charge is 2.07. The van der Waals surface area contributed by atoms with E-state index in [0.717, 1.165) is 12.7 Å². The first-order valence-electron chi connectivity index (χ1n) is 3.23. The normalized spacial score (nSPS) is 13.5. The maximum absolute atomic E-state index is 12.3. The van der Waals surface area contributed by atoms with E-state index in [1.54, 1.807) is 0 Å². The first-order valence-corrected chi connectivity index (χ1v) is 3.23. The molecular formula is C7H10FNO. The van der Waals surface area contributed by atoms with Crippen LogP contribution in [0.4, 0.5) is 4.39 Å². The molecule has 0 aliphatic rings. The molecule has 10 heavy (non-hydrogen) atoms. The van der Waals surface area contributed by atoms with Crippen LogP contribution in [-0.2, 0) is 0 Å². The van der Waals surface area contributed by atoms with Crippen LogP contribution in [0.25, 0.3) is 0 Å². The summed E-state index contributed by atoms with van der Waals surface area (Å²) in [6.07, 6.45) is 1.82. The molecule has 2 N–H and O–H groups in total. The molecule has 0 aliphatic heterocycles. The first kappa shape index (κ1) is 7.28. The van der Waals surface area contributed by atoms with Gasteiger partial charge in [-0.05, 0) is 6.42 Å². The summed E-state index contributed by atoms with van der Waals surface area (Å²) in [4.78, 5) is 0. The van der Waals surface area contributed by atoms with Crippen LogP contribution in [0, 0.1) is 5.82 Å². The largest absolute Gasteiger partial charge is 0.465 e. The minimum absolute atomic E-state index is 0.176. The van der Waals surface area contributed by atoms with Gasteiger partial charge < -0.3 is 10.2 Å². The van der Waals surface area contributed by atoms with Crippen molar-refractivity contribution in [3.8, 4) is 0 Å². The SMILES string of the molecule is CCC(N)c1cc(F)co1. The molecule has 1 heterocycles. The van der Waals surface area contributed by atoms with E-state index in [1.165, 1.54) is 6.07 Å². The van der Waals surface area contributed by atoms with Gasteiger partial charge in [0.25, 0.3) is 0 Å². The molecule has 0 spiro atoms. The molecule has 1 aromatic heterocycles. The summed E-state index contributed by atoms with van der Waals surface area (Å²) in [5.74, 6) is 0.152. The Morgan fingerprint density at radius 1 is 1.80 bits per heavy atom. The lowest BCUT2D eigenvalue weighted by atomic mass is 10.2. The quantitative estimate of drug-likeness (QED) is 0.685. The lowest BCUT2D eigenvalue weighted by molar-refractivity contribution is 0.453. The molecule has 1 aromatic rings. The van der Waals surface area contributed by atoms with Crippen LogP contribution in [0.1, 0.15) is 25.1 Å². The lowest BCUT2D eigenvalue weighted by Crippen LogP contribution is -2.06. The minimum atomic E-state index is -0.362. The van der Waals surface area contributed by atoms with Crippen LogP contribution in [0.15, 0.2) is 16.7 Å². The van der Waals surface area contributed by atoms with E-state index in [2.05, 4.69) is 0 Å². The predicted molar refractivity (Wildman–Crippen MR) is 35.9 cm³/mol. The van der Waals surface area contributed by atoms with Gasteiger partial charge >= 0.3 is 0 Å². The van der Waals surface area contributed by atoms with Crippen molar-refractivity contribution in [1.82, 2.24) is 0 Å². The Bertz CT molecular complexity index is 209. The van der Waals surface area contributed by atoms with Crippen molar-refractivity contribution in [3.63, 3.8) is 0 Å². The fraction of sp³-hybridized carbons (Fsp3) is 0.429. The second-order valence-electron chi connectivity index (χ2n) is 2.18. The van der Waals surface area contributed by atoms with Gasteiger partial charge in [0.1, 0.15) is 12.0 Å². The monoisotopic (exact) mass is 143 g/mol. The van der Waals surface area contributed by atoms with E-state index in [1.807, 2.05) is 6.92 Å². The Hall–Kier alpha value is -0.830. The third-order valence-electron chi connectivity index (χ3n) is 1.39. The van der Waals surface area contributed by atoms with E-state index in [9.17, 15) is 4.39 Å². The number of nitrogens with two attached hydrogens (primary N) is 1. The van der Waals surface area contributed by atoms with E-state index in [0.29, 0.717) is 5.76 Å². The third kappa shape index (κ3) is 1.36. The van der Waals surface area contributed by atoms with Crippen LogP contribution in [0.3, 0.4) is 0 Å². The van der Waals surface area contributed by atoms with Crippen molar-refractivity contribution < 1.29 is 8.81 Å². The van der Waals surface area contributed by atoms with E-state index in [4.69, 9.17) is 10.2 Å². The van der Waals surface area contributed by atoms with Gasteiger partial charge in [-0.3, -0.25) is 0 Å². The first-order chi connectivity index (χ1) is 4.74. The van der Waals surface area contributed by atoms with Gasteiger partial charge in [0, 0.05) is 6.07 Å². The van der Waals surface area contributed by atoms with Crippen molar-refractivity contribution >= 4 is 0 Å². The van der Waals surface area contributed by atoms with Gasteiger partial charge in [-0.15, -0.1) is 0 Å².